The summed E-state index contributed by atoms with van der Waals surface area (Å²) in [6, 6.07) is 0. The van der Waals surface area contributed by atoms with Crippen LogP contribution in [0.25, 0.3) is 4.96 Å². The summed E-state index contributed by atoms with van der Waals surface area (Å²) in [6.45, 7) is 4.31. The molecule has 2 heterocycles. The summed E-state index contributed by atoms with van der Waals surface area (Å²) in [5.74, 6) is -0.141. The highest BCUT2D eigenvalue weighted by Gasteiger charge is 2.55. The normalized spacial score (nSPS) is 17.0. The van der Waals surface area contributed by atoms with Gasteiger partial charge in [0.15, 0.2) is 0 Å². The largest absolute Gasteiger partial charge is 0.465 e. The summed E-state index contributed by atoms with van der Waals surface area (Å²) < 4.78 is 6.92. The average molecular weight is 265 g/mol. The number of carbonyl (C=O) groups is 1. The lowest BCUT2D eigenvalue weighted by atomic mass is 10.1. The summed E-state index contributed by atoms with van der Waals surface area (Å²) in [5, 5.41) is 5.33. The van der Waals surface area contributed by atoms with Gasteiger partial charge < -0.3 is 4.74 Å². The van der Waals surface area contributed by atoms with Crippen molar-refractivity contribution >= 4 is 22.3 Å². The molecule has 1 aliphatic rings. The Bertz CT molecular complexity index is 566. The van der Waals surface area contributed by atoms with Gasteiger partial charge in [-0.3, -0.25) is 4.79 Å². The van der Waals surface area contributed by atoms with E-state index in [1.54, 1.807) is 4.52 Å². The molecule has 0 spiro atoms. The fraction of sp³-hybridized carbons (Fsp3) is 0.583. The Balaban J connectivity index is 1.94. The number of nitrogens with zero attached hydrogens (tertiary/aromatic N) is 3. The van der Waals surface area contributed by atoms with Gasteiger partial charge >= 0.3 is 5.97 Å². The minimum Gasteiger partial charge on any atom is -0.465 e. The first-order valence-corrected chi connectivity index (χ1v) is 7.04. The lowest BCUT2D eigenvalue weighted by Gasteiger charge is -2.09. The van der Waals surface area contributed by atoms with Gasteiger partial charge in [-0.05, 0) is 26.2 Å². The molecule has 1 saturated carbocycles. The van der Waals surface area contributed by atoms with E-state index < -0.39 is 5.41 Å². The Morgan fingerprint density at radius 1 is 1.56 bits per heavy atom. The Kier molecular flexibility index (Phi) is 2.62. The number of aromatic nitrogens is 3. The predicted octanol–water partition coefficient (Wildman–Crippen LogP) is 1.95. The lowest BCUT2D eigenvalue weighted by molar-refractivity contribution is -0.146. The van der Waals surface area contributed by atoms with E-state index in [9.17, 15) is 4.79 Å². The van der Waals surface area contributed by atoms with Crippen molar-refractivity contribution < 1.29 is 9.53 Å². The molecule has 5 nitrogen and oxygen atoms in total. The molecule has 96 valence electrons. The summed E-state index contributed by atoms with van der Waals surface area (Å²) in [4.78, 5) is 17.3. The third-order valence-electron chi connectivity index (χ3n) is 3.28. The van der Waals surface area contributed by atoms with Crippen LogP contribution in [0.5, 0.6) is 0 Å². The van der Waals surface area contributed by atoms with E-state index in [-0.39, 0.29) is 5.97 Å². The molecule has 0 radical (unpaired) electrons. The van der Waals surface area contributed by atoms with Gasteiger partial charge in [0.2, 0.25) is 4.96 Å². The minimum absolute atomic E-state index is 0.141. The topological polar surface area (TPSA) is 56.5 Å². The highest BCUT2D eigenvalue weighted by molar-refractivity contribution is 7.17. The Morgan fingerprint density at radius 2 is 2.33 bits per heavy atom. The zero-order valence-electron chi connectivity index (χ0n) is 10.5. The fourth-order valence-corrected chi connectivity index (χ4v) is 3.14. The summed E-state index contributed by atoms with van der Waals surface area (Å²) in [7, 11) is 0. The fourth-order valence-electron chi connectivity index (χ4n) is 2.01. The maximum Gasteiger partial charge on any atom is 0.319 e. The van der Waals surface area contributed by atoms with Crippen molar-refractivity contribution in [1.82, 2.24) is 14.6 Å². The number of ether oxygens (including phenoxy) is 1. The van der Waals surface area contributed by atoms with Gasteiger partial charge in [0.05, 0.1) is 18.5 Å². The zero-order chi connectivity index (χ0) is 12.8. The first-order chi connectivity index (χ1) is 8.69. The summed E-state index contributed by atoms with van der Waals surface area (Å²) in [5.41, 5.74) is 0.551. The molecule has 0 unspecified atom stereocenters. The van der Waals surface area contributed by atoms with Gasteiger partial charge in [0.1, 0.15) is 10.4 Å². The van der Waals surface area contributed by atoms with Gasteiger partial charge in [0.25, 0.3) is 0 Å². The van der Waals surface area contributed by atoms with Crippen molar-refractivity contribution in [3.05, 3.63) is 16.9 Å². The molecule has 0 saturated heterocycles. The van der Waals surface area contributed by atoms with Crippen LogP contribution in [0.2, 0.25) is 0 Å². The van der Waals surface area contributed by atoms with E-state index in [0.29, 0.717) is 6.61 Å². The molecule has 0 atom stereocenters. The van der Waals surface area contributed by atoms with Crippen molar-refractivity contribution in [3.63, 3.8) is 0 Å². The van der Waals surface area contributed by atoms with Crippen LogP contribution in [0.3, 0.4) is 0 Å². The van der Waals surface area contributed by atoms with Crippen molar-refractivity contribution in [1.29, 1.82) is 0 Å². The number of hydrogen-bond donors (Lipinski definition) is 0. The van der Waals surface area contributed by atoms with E-state index in [1.807, 2.05) is 13.1 Å². The Morgan fingerprint density at radius 3 is 2.89 bits per heavy atom. The zero-order valence-corrected chi connectivity index (χ0v) is 11.3. The maximum atomic E-state index is 12.0. The van der Waals surface area contributed by atoms with Crippen LogP contribution in [-0.4, -0.2) is 27.2 Å². The second kappa shape index (κ2) is 4.05. The molecule has 6 heteroatoms. The van der Waals surface area contributed by atoms with Crippen LogP contribution in [0.1, 0.15) is 37.4 Å². The molecule has 0 bridgehead atoms. The highest BCUT2D eigenvalue weighted by Crippen LogP contribution is 2.50. The van der Waals surface area contributed by atoms with Gasteiger partial charge in [-0.15, -0.1) is 0 Å². The molecule has 2 aromatic rings. The molecule has 0 N–H and O–H groups in total. The first kappa shape index (κ1) is 11.6. The molecule has 0 aromatic carbocycles. The molecule has 2 aromatic heterocycles. The molecule has 0 amide bonds. The van der Waals surface area contributed by atoms with Crippen molar-refractivity contribution in [2.24, 2.45) is 0 Å². The standard InChI is InChI=1S/C12H15N3O2S/c1-3-8-7-15-11(13-8)18-9(14-15)12(5-6-12)10(16)17-4-2/h7H,3-6H2,1-2H3. The summed E-state index contributed by atoms with van der Waals surface area (Å²) in [6.07, 6.45) is 4.50. The van der Waals surface area contributed by atoms with Gasteiger partial charge in [0, 0.05) is 0 Å². The number of imidazole rings is 1. The second-order valence-electron chi connectivity index (χ2n) is 4.52. The molecular formula is C12H15N3O2S. The van der Waals surface area contributed by atoms with Crippen LogP contribution < -0.4 is 0 Å². The Hall–Kier alpha value is -1.43. The number of carbonyl (C=O) groups excluding carboxylic acids is 1. The van der Waals surface area contributed by atoms with Crippen LogP contribution in [0.15, 0.2) is 6.20 Å². The van der Waals surface area contributed by atoms with E-state index in [4.69, 9.17) is 4.74 Å². The Labute approximate surface area is 109 Å². The van der Waals surface area contributed by atoms with E-state index in [0.717, 1.165) is 34.9 Å². The third-order valence-corrected chi connectivity index (χ3v) is 4.41. The number of fused-ring (bicyclic) bond motifs is 1. The van der Waals surface area contributed by atoms with E-state index in [1.165, 1.54) is 11.3 Å². The van der Waals surface area contributed by atoms with Crippen LogP contribution in [-0.2, 0) is 21.4 Å². The van der Waals surface area contributed by atoms with Gasteiger partial charge in [-0.25, -0.2) is 9.50 Å². The van der Waals surface area contributed by atoms with Crippen LogP contribution >= 0.6 is 11.3 Å². The third kappa shape index (κ3) is 1.63. The molecule has 18 heavy (non-hydrogen) atoms. The van der Waals surface area contributed by atoms with E-state index >= 15 is 0 Å². The lowest BCUT2D eigenvalue weighted by Crippen LogP contribution is -2.23. The number of rotatable bonds is 4. The number of hydrogen-bond acceptors (Lipinski definition) is 5. The molecule has 1 aliphatic carbocycles. The molecule has 1 fully saturated rings. The minimum atomic E-state index is -0.478. The SMILES string of the molecule is CCOC(=O)C1(c2nn3cc(CC)nc3s2)CC1. The first-order valence-electron chi connectivity index (χ1n) is 6.22. The molecule has 0 aliphatic heterocycles. The monoisotopic (exact) mass is 265 g/mol. The van der Waals surface area contributed by atoms with Crippen LogP contribution in [0, 0.1) is 0 Å². The quantitative estimate of drug-likeness (QED) is 0.793. The average Bonchev–Trinajstić information content (AvgIpc) is 2.93. The smallest absolute Gasteiger partial charge is 0.319 e. The number of esters is 1. The highest BCUT2D eigenvalue weighted by atomic mass is 32.1. The van der Waals surface area contributed by atoms with E-state index in [2.05, 4.69) is 17.0 Å². The molecule has 3 rings (SSSR count). The predicted molar refractivity (Wildman–Crippen MR) is 67.8 cm³/mol. The van der Waals surface area contributed by atoms with Gasteiger partial charge in [-0.1, -0.05) is 18.3 Å². The van der Waals surface area contributed by atoms with Crippen LogP contribution in [0.4, 0.5) is 0 Å². The van der Waals surface area contributed by atoms with Crippen molar-refractivity contribution in [2.75, 3.05) is 6.61 Å². The second-order valence-corrected chi connectivity index (χ2v) is 5.48. The maximum absolute atomic E-state index is 12.0. The summed E-state index contributed by atoms with van der Waals surface area (Å²) >= 11 is 1.50. The van der Waals surface area contributed by atoms with Crippen molar-refractivity contribution in [3.8, 4) is 0 Å². The molecular weight excluding hydrogens is 250 g/mol. The van der Waals surface area contributed by atoms with Gasteiger partial charge in [-0.2, -0.15) is 5.10 Å². The number of aryl methyl sites for hydroxylation is 1. The van der Waals surface area contributed by atoms with Crippen molar-refractivity contribution in [2.45, 2.75) is 38.5 Å².